The molecular formula is C9H14N4. The summed E-state index contributed by atoms with van der Waals surface area (Å²) in [6, 6.07) is 0.293. The molecule has 4 heteroatoms. The van der Waals surface area contributed by atoms with Gasteiger partial charge in [0.1, 0.15) is 5.82 Å². The van der Waals surface area contributed by atoms with Gasteiger partial charge in [-0.25, -0.2) is 4.98 Å². The minimum absolute atomic E-state index is 0.293. The van der Waals surface area contributed by atoms with Crippen LogP contribution in [0.3, 0.4) is 0 Å². The highest BCUT2D eigenvalue weighted by Crippen LogP contribution is 2.18. The molecule has 1 aliphatic rings. The van der Waals surface area contributed by atoms with E-state index in [1.54, 1.807) is 12.4 Å². The lowest BCUT2D eigenvalue weighted by Gasteiger charge is -2.17. The van der Waals surface area contributed by atoms with Crippen LogP contribution in [0.25, 0.3) is 0 Å². The molecule has 0 aliphatic carbocycles. The Balaban J connectivity index is 2.21. The molecule has 0 spiro atoms. The second-order valence-electron chi connectivity index (χ2n) is 3.46. The molecule has 1 fully saturated rings. The van der Waals surface area contributed by atoms with Gasteiger partial charge in [0.05, 0.1) is 5.69 Å². The summed E-state index contributed by atoms with van der Waals surface area (Å²) >= 11 is 0. The van der Waals surface area contributed by atoms with Gasteiger partial charge < -0.3 is 10.6 Å². The molecule has 1 aromatic rings. The highest BCUT2D eigenvalue weighted by atomic mass is 15.2. The third kappa shape index (κ3) is 1.62. The number of hydrogen-bond donors (Lipinski definition) is 1. The zero-order valence-electron chi connectivity index (χ0n) is 7.77. The zero-order chi connectivity index (χ0) is 9.26. The topological polar surface area (TPSA) is 55.0 Å². The molecule has 70 valence electrons. The van der Waals surface area contributed by atoms with Crippen LogP contribution in [0.1, 0.15) is 12.1 Å². The van der Waals surface area contributed by atoms with Crippen molar-refractivity contribution in [2.75, 3.05) is 18.0 Å². The van der Waals surface area contributed by atoms with E-state index in [1.807, 2.05) is 6.92 Å². The molecule has 1 atom stereocenters. The number of aryl methyl sites for hydroxylation is 1. The number of anilines is 1. The van der Waals surface area contributed by atoms with Gasteiger partial charge in [0.2, 0.25) is 0 Å². The first-order valence-electron chi connectivity index (χ1n) is 4.55. The van der Waals surface area contributed by atoms with Gasteiger partial charge in [0, 0.05) is 31.5 Å². The normalized spacial score (nSPS) is 22.3. The van der Waals surface area contributed by atoms with Crippen molar-refractivity contribution in [1.29, 1.82) is 0 Å². The Labute approximate surface area is 77.8 Å². The fourth-order valence-corrected chi connectivity index (χ4v) is 1.69. The average molecular weight is 178 g/mol. The van der Waals surface area contributed by atoms with Gasteiger partial charge in [0.25, 0.3) is 0 Å². The fourth-order valence-electron chi connectivity index (χ4n) is 1.69. The summed E-state index contributed by atoms with van der Waals surface area (Å²) in [6.07, 6.45) is 4.50. The van der Waals surface area contributed by atoms with Gasteiger partial charge >= 0.3 is 0 Å². The first-order valence-corrected chi connectivity index (χ1v) is 4.55. The molecule has 0 radical (unpaired) electrons. The Kier molecular flexibility index (Phi) is 2.14. The SMILES string of the molecule is Cc1nccnc1N1CC[C@@H](N)C1. The van der Waals surface area contributed by atoms with Crippen LogP contribution in [-0.2, 0) is 0 Å². The second-order valence-corrected chi connectivity index (χ2v) is 3.46. The Morgan fingerprint density at radius 1 is 1.46 bits per heavy atom. The minimum atomic E-state index is 0.293. The van der Waals surface area contributed by atoms with E-state index in [1.165, 1.54) is 0 Å². The zero-order valence-corrected chi connectivity index (χ0v) is 7.77. The Hall–Kier alpha value is -1.16. The first-order chi connectivity index (χ1) is 6.27. The maximum absolute atomic E-state index is 5.82. The molecule has 2 N–H and O–H groups in total. The molecule has 0 saturated carbocycles. The first kappa shape index (κ1) is 8.44. The summed E-state index contributed by atoms with van der Waals surface area (Å²) < 4.78 is 0. The van der Waals surface area contributed by atoms with E-state index in [-0.39, 0.29) is 0 Å². The molecule has 0 aromatic carbocycles. The Bertz CT molecular complexity index is 299. The summed E-state index contributed by atoms with van der Waals surface area (Å²) in [5, 5.41) is 0. The number of nitrogens with two attached hydrogens (primary N) is 1. The fraction of sp³-hybridized carbons (Fsp3) is 0.556. The van der Waals surface area contributed by atoms with Gasteiger partial charge in [-0.3, -0.25) is 4.98 Å². The van der Waals surface area contributed by atoms with Crippen molar-refractivity contribution in [1.82, 2.24) is 9.97 Å². The molecule has 1 saturated heterocycles. The van der Waals surface area contributed by atoms with Crippen LogP contribution < -0.4 is 10.6 Å². The van der Waals surface area contributed by atoms with Gasteiger partial charge in [-0.2, -0.15) is 0 Å². The van der Waals surface area contributed by atoms with Crippen molar-refractivity contribution in [3.63, 3.8) is 0 Å². The third-order valence-electron chi connectivity index (χ3n) is 2.38. The van der Waals surface area contributed by atoms with Crippen molar-refractivity contribution in [2.45, 2.75) is 19.4 Å². The number of rotatable bonds is 1. The molecule has 4 nitrogen and oxygen atoms in total. The Morgan fingerprint density at radius 2 is 2.23 bits per heavy atom. The lowest BCUT2D eigenvalue weighted by Crippen LogP contribution is -2.27. The highest BCUT2D eigenvalue weighted by molar-refractivity contribution is 5.43. The van der Waals surface area contributed by atoms with Crippen molar-refractivity contribution in [3.8, 4) is 0 Å². The van der Waals surface area contributed by atoms with Crippen molar-refractivity contribution in [3.05, 3.63) is 18.1 Å². The maximum Gasteiger partial charge on any atom is 0.150 e. The van der Waals surface area contributed by atoms with Crippen molar-refractivity contribution in [2.24, 2.45) is 5.73 Å². The van der Waals surface area contributed by atoms with E-state index in [0.717, 1.165) is 31.0 Å². The summed E-state index contributed by atoms with van der Waals surface area (Å²) in [5.74, 6) is 0.982. The van der Waals surface area contributed by atoms with Crippen LogP contribution in [0, 0.1) is 6.92 Å². The van der Waals surface area contributed by atoms with Crippen LogP contribution in [0.5, 0.6) is 0 Å². The van der Waals surface area contributed by atoms with Gasteiger partial charge in [0.15, 0.2) is 0 Å². The van der Waals surface area contributed by atoms with E-state index in [4.69, 9.17) is 5.73 Å². The summed E-state index contributed by atoms with van der Waals surface area (Å²) in [6.45, 7) is 3.88. The highest BCUT2D eigenvalue weighted by Gasteiger charge is 2.21. The predicted octanol–water partition coefficient (Wildman–Crippen LogP) is 0.322. The predicted molar refractivity (Wildman–Crippen MR) is 51.6 cm³/mol. The van der Waals surface area contributed by atoms with Gasteiger partial charge in [-0.05, 0) is 13.3 Å². The Morgan fingerprint density at radius 3 is 2.85 bits per heavy atom. The summed E-state index contributed by atoms with van der Waals surface area (Å²) in [7, 11) is 0. The van der Waals surface area contributed by atoms with Gasteiger partial charge in [-0.1, -0.05) is 0 Å². The van der Waals surface area contributed by atoms with E-state index >= 15 is 0 Å². The number of aromatic nitrogens is 2. The molecular weight excluding hydrogens is 164 g/mol. The quantitative estimate of drug-likeness (QED) is 0.673. The van der Waals surface area contributed by atoms with Gasteiger partial charge in [-0.15, -0.1) is 0 Å². The molecule has 1 aromatic heterocycles. The smallest absolute Gasteiger partial charge is 0.150 e. The van der Waals surface area contributed by atoms with E-state index in [0.29, 0.717) is 6.04 Å². The lowest BCUT2D eigenvalue weighted by molar-refractivity contribution is 0.751. The number of nitrogens with zero attached hydrogens (tertiary/aromatic N) is 3. The summed E-state index contributed by atoms with van der Waals surface area (Å²) in [5.41, 5.74) is 6.81. The van der Waals surface area contributed by atoms with Crippen LogP contribution in [0.15, 0.2) is 12.4 Å². The van der Waals surface area contributed by atoms with Crippen molar-refractivity contribution < 1.29 is 0 Å². The molecule has 13 heavy (non-hydrogen) atoms. The minimum Gasteiger partial charge on any atom is -0.354 e. The number of hydrogen-bond acceptors (Lipinski definition) is 4. The largest absolute Gasteiger partial charge is 0.354 e. The van der Waals surface area contributed by atoms with Crippen LogP contribution >= 0.6 is 0 Å². The van der Waals surface area contributed by atoms with E-state index in [2.05, 4.69) is 14.9 Å². The summed E-state index contributed by atoms with van der Waals surface area (Å²) in [4.78, 5) is 10.7. The lowest BCUT2D eigenvalue weighted by atomic mass is 10.3. The van der Waals surface area contributed by atoms with Crippen LogP contribution in [0.2, 0.25) is 0 Å². The average Bonchev–Trinajstić information content (AvgIpc) is 2.53. The molecule has 0 bridgehead atoms. The third-order valence-corrected chi connectivity index (χ3v) is 2.38. The van der Waals surface area contributed by atoms with Crippen LogP contribution in [-0.4, -0.2) is 29.1 Å². The molecule has 1 aliphatic heterocycles. The molecule has 0 unspecified atom stereocenters. The second kappa shape index (κ2) is 3.30. The van der Waals surface area contributed by atoms with E-state index < -0.39 is 0 Å². The van der Waals surface area contributed by atoms with Crippen molar-refractivity contribution >= 4 is 5.82 Å². The molecule has 2 heterocycles. The monoisotopic (exact) mass is 178 g/mol. The van der Waals surface area contributed by atoms with Crippen LogP contribution in [0.4, 0.5) is 5.82 Å². The molecule has 0 amide bonds. The maximum atomic E-state index is 5.82. The standard InChI is InChI=1S/C9H14N4/c1-7-9(12-4-3-11-7)13-5-2-8(10)6-13/h3-4,8H,2,5-6,10H2,1H3/t8-/m1/s1. The van der Waals surface area contributed by atoms with E-state index in [9.17, 15) is 0 Å². The molecule has 2 rings (SSSR count).